The Morgan fingerprint density at radius 3 is 2.80 bits per heavy atom. The molecule has 1 heterocycles. The summed E-state index contributed by atoms with van der Waals surface area (Å²) in [4.78, 5) is 4.95. The highest BCUT2D eigenvalue weighted by molar-refractivity contribution is 7.99. The fraction of sp³-hybridized carbons (Fsp3) is 0. The number of benzene rings is 2. The van der Waals surface area contributed by atoms with Gasteiger partial charge in [0.1, 0.15) is 17.2 Å². The second-order valence-electron chi connectivity index (χ2n) is 4.10. The van der Waals surface area contributed by atoms with Crippen LogP contribution in [0.15, 0.2) is 57.0 Å². The molecule has 0 fully saturated rings. The van der Waals surface area contributed by atoms with E-state index >= 15 is 0 Å². The van der Waals surface area contributed by atoms with Gasteiger partial charge in [0.2, 0.25) is 0 Å². The van der Waals surface area contributed by atoms with Crippen LogP contribution in [-0.2, 0) is 0 Å². The van der Waals surface area contributed by atoms with Crippen LogP contribution < -0.4 is 5.73 Å². The average molecular weight is 287 g/mol. The summed E-state index contributed by atoms with van der Waals surface area (Å²) >= 11 is 1.21. The molecule has 0 saturated carbocycles. The molecule has 20 heavy (non-hydrogen) atoms. The van der Waals surface area contributed by atoms with Crippen molar-refractivity contribution in [3.8, 4) is 0 Å². The number of nitrogens with zero attached hydrogens (tertiary/aromatic N) is 1. The first-order valence-corrected chi connectivity index (χ1v) is 6.62. The number of para-hydroxylation sites is 2. The highest BCUT2D eigenvalue weighted by Gasteiger charge is 2.12. The molecule has 3 N–H and O–H groups in total. The molecule has 3 aromatic rings. The van der Waals surface area contributed by atoms with Crippen molar-refractivity contribution < 1.29 is 8.81 Å². The molecular weight excluding hydrogens is 277 g/mol. The number of oxazole rings is 1. The highest BCUT2D eigenvalue weighted by Crippen LogP contribution is 2.32. The maximum Gasteiger partial charge on any atom is 0.261 e. The largest absolute Gasteiger partial charge is 0.431 e. The zero-order valence-corrected chi connectivity index (χ0v) is 11.1. The summed E-state index contributed by atoms with van der Waals surface area (Å²) < 4.78 is 18.8. The van der Waals surface area contributed by atoms with Gasteiger partial charge in [0, 0.05) is 10.5 Å². The van der Waals surface area contributed by atoms with Crippen molar-refractivity contribution in [2.45, 2.75) is 10.1 Å². The van der Waals surface area contributed by atoms with Gasteiger partial charge in [0.15, 0.2) is 5.58 Å². The number of nitrogens with one attached hydrogen (secondary N) is 1. The molecule has 0 atom stereocenters. The molecule has 6 heteroatoms. The third kappa shape index (κ3) is 2.37. The van der Waals surface area contributed by atoms with Crippen LogP contribution in [0.1, 0.15) is 5.56 Å². The lowest BCUT2D eigenvalue weighted by Gasteiger charge is -2.05. The van der Waals surface area contributed by atoms with Gasteiger partial charge in [-0.25, -0.2) is 9.37 Å². The van der Waals surface area contributed by atoms with Crippen LogP contribution in [0.4, 0.5) is 4.39 Å². The maximum atomic E-state index is 13.2. The zero-order chi connectivity index (χ0) is 14.1. The smallest absolute Gasteiger partial charge is 0.261 e. The van der Waals surface area contributed by atoms with Gasteiger partial charge in [0.05, 0.1) is 0 Å². The molecule has 0 aliphatic heterocycles. The van der Waals surface area contributed by atoms with E-state index < -0.39 is 5.82 Å². The quantitative estimate of drug-likeness (QED) is 0.572. The van der Waals surface area contributed by atoms with Gasteiger partial charge >= 0.3 is 0 Å². The van der Waals surface area contributed by atoms with E-state index in [1.165, 1.54) is 23.9 Å². The van der Waals surface area contributed by atoms with E-state index in [-0.39, 0.29) is 5.84 Å². The minimum absolute atomic E-state index is 0.192. The Morgan fingerprint density at radius 2 is 2.05 bits per heavy atom. The Labute approximate surface area is 118 Å². The Morgan fingerprint density at radius 1 is 1.25 bits per heavy atom. The molecule has 2 aromatic carbocycles. The minimum Gasteiger partial charge on any atom is -0.431 e. The summed E-state index contributed by atoms with van der Waals surface area (Å²) in [6, 6.07) is 11.5. The number of hydrogen-bond acceptors (Lipinski definition) is 4. The van der Waals surface area contributed by atoms with E-state index in [1.54, 1.807) is 6.07 Å². The Hall–Kier alpha value is -2.34. The number of hydrogen-bond donors (Lipinski definition) is 2. The number of fused-ring (bicyclic) bond motifs is 1. The van der Waals surface area contributed by atoms with Crippen molar-refractivity contribution in [2.24, 2.45) is 5.73 Å². The van der Waals surface area contributed by atoms with Crippen LogP contribution in [0.3, 0.4) is 0 Å². The topological polar surface area (TPSA) is 75.9 Å². The Bertz CT molecular complexity index is 767. The zero-order valence-electron chi connectivity index (χ0n) is 10.3. The van der Waals surface area contributed by atoms with Crippen LogP contribution in [0.2, 0.25) is 0 Å². The van der Waals surface area contributed by atoms with E-state index in [2.05, 4.69) is 4.98 Å². The molecule has 3 rings (SSSR count). The van der Waals surface area contributed by atoms with Crippen LogP contribution in [0.5, 0.6) is 0 Å². The molecule has 0 saturated heterocycles. The monoisotopic (exact) mass is 287 g/mol. The first-order chi connectivity index (χ1) is 9.63. The molecule has 0 spiro atoms. The van der Waals surface area contributed by atoms with E-state index in [0.717, 1.165) is 5.52 Å². The molecule has 4 nitrogen and oxygen atoms in total. The van der Waals surface area contributed by atoms with Crippen LogP contribution in [-0.4, -0.2) is 10.8 Å². The number of nitrogen functional groups attached to an aromatic ring is 1. The Balaban J connectivity index is 2.00. The van der Waals surface area contributed by atoms with Gasteiger partial charge in [-0.05, 0) is 42.1 Å². The van der Waals surface area contributed by atoms with Crippen molar-refractivity contribution in [3.63, 3.8) is 0 Å². The molecular formula is C14H10FN3OS. The standard InChI is InChI=1S/C14H10FN3OS/c15-8-5-6-12(9(7-8)13(16)17)20-14-18-10-3-1-2-4-11(10)19-14/h1-7H,(H3,16,17). The van der Waals surface area contributed by atoms with Crippen LogP contribution in [0, 0.1) is 11.2 Å². The van der Waals surface area contributed by atoms with Gasteiger partial charge in [-0.3, -0.25) is 5.41 Å². The fourth-order valence-corrected chi connectivity index (χ4v) is 2.67. The lowest BCUT2D eigenvalue weighted by Crippen LogP contribution is -2.12. The Kier molecular flexibility index (Phi) is 3.15. The van der Waals surface area contributed by atoms with Crippen molar-refractivity contribution in [3.05, 3.63) is 53.8 Å². The van der Waals surface area contributed by atoms with Crippen molar-refractivity contribution in [1.82, 2.24) is 4.98 Å². The highest BCUT2D eigenvalue weighted by atomic mass is 32.2. The maximum absolute atomic E-state index is 13.2. The molecule has 100 valence electrons. The molecule has 0 bridgehead atoms. The fourth-order valence-electron chi connectivity index (χ4n) is 1.79. The third-order valence-electron chi connectivity index (χ3n) is 2.70. The molecule has 0 unspecified atom stereocenters. The first-order valence-electron chi connectivity index (χ1n) is 5.81. The van der Waals surface area contributed by atoms with Crippen molar-refractivity contribution in [2.75, 3.05) is 0 Å². The summed E-state index contributed by atoms with van der Waals surface area (Å²) in [6.07, 6.45) is 0. The van der Waals surface area contributed by atoms with E-state index in [4.69, 9.17) is 15.6 Å². The van der Waals surface area contributed by atoms with E-state index in [9.17, 15) is 4.39 Å². The molecule has 0 aliphatic carbocycles. The van der Waals surface area contributed by atoms with Gasteiger partial charge in [-0.15, -0.1) is 0 Å². The summed E-state index contributed by atoms with van der Waals surface area (Å²) in [5.41, 5.74) is 7.23. The molecule has 0 amide bonds. The molecule has 1 aromatic heterocycles. The first kappa shape index (κ1) is 12.7. The van der Waals surface area contributed by atoms with E-state index in [1.807, 2.05) is 24.3 Å². The van der Waals surface area contributed by atoms with Crippen LogP contribution >= 0.6 is 11.8 Å². The lowest BCUT2D eigenvalue weighted by atomic mass is 10.2. The van der Waals surface area contributed by atoms with Gasteiger partial charge in [-0.2, -0.15) is 0 Å². The molecule has 0 aliphatic rings. The number of halogens is 1. The number of aromatic nitrogens is 1. The normalized spacial score (nSPS) is 10.8. The lowest BCUT2D eigenvalue weighted by molar-refractivity contribution is 0.489. The third-order valence-corrected chi connectivity index (χ3v) is 3.63. The predicted octanol–water partition coefficient (Wildman–Crippen LogP) is 3.40. The summed E-state index contributed by atoms with van der Waals surface area (Å²) in [6.45, 7) is 0. The minimum atomic E-state index is -0.433. The SMILES string of the molecule is N=C(N)c1cc(F)ccc1Sc1nc2ccccc2o1. The van der Waals surface area contributed by atoms with Gasteiger partial charge in [0.25, 0.3) is 5.22 Å². The van der Waals surface area contributed by atoms with Crippen molar-refractivity contribution in [1.29, 1.82) is 5.41 Å². The summed E-state index contributed by atoms with van der Waals surface area (Å²) in [7, 11) is 0. The predicted molar refractivity (Wildman–Crippen MR) is 75.5 cm³/mol. The van der Waals surface area contributed by atoms with Gasteiger partial charge < -0.3 is 10.2 Å². The summed E-state index contributed by atoms with van der Waals surface area (Å²) in [5.74, 6) is -0.625. The summed E-state index contributed by atoms with van der Waals surface area (Å²) in [5, 5.41) is 7.92. The second-order valence-corrected chi connectivity index (χ2v) is 5.10. The number of amidine groups is 1. The average Bonchev–Trinajstić information content (AvgIpc) is 2.82. The second kappa shape index (κ2) is 4.97. The van der Waals surface area contributed by atoms with Crippen molar-refractivity contribution >= 4 is 28.7 Å². The number of nitrogens with two attached hydrogens (primary N) is 1. The van der Waals surface area contributed by atoms with Gasteiger partial charge in [-0.1, -0.05) is 12.1 Å². The van der Waals surface area contributed by atoms with Crippen LogP contribution in [0.25, 0.3) is 11.1 Å². The number of rotatable bonds is 3. The van der Waals surface area contributed by atoms with E-state index in [0.29, 0.717) is 21.3 Å². The molecule has 0 radical (unpaired) electrons.